The number of carbonyl (C=O) groups is 1. The number of rotatable bonds is 5. The zero-order valence-corrected chi connectivity index (χ0v) is 17.8. The number of unbranched alkanes of at least 4 members (excludes halogenated alkanes) is 1. The summed E-state index contributed by atoms with van der Waals surface area (Å²) in [6, 6.07) is 1.66. The zero-order chi connectivity index (χ0) is 19.5. The molecule has 1 heterocycles. The third kappa shape index (κ3) is 9.34. The van der Waals surface area contributed by atoms with Gasteiger partial charge in [-0.05, 0) is 43.1 Å². The van der Waals surface area contributed by atoms with Crippen molar-refractivity contribution in [2.75, 3.05) is 12.4 Å². The summed E-state index contributed by atoms with van der Waals surface area (Å²) in [6.45, 7) is 11.5. The molecule has 0 saturated heterocycles. The summed E-state index contributed by atoms with van der Waals surface area (Å²) in [5, 5.41) is 2.60. The SMILES string of the molecule is CC.CCC/C=C(/Br)C(=NC)c1cc(NC(=O)OC(C)(C)C)ncn1. The van der Waals surface area contributed by atoms with Crippen molar-refractivity contribution in [3.8, 4) is 0 Å². The quantitative estimate of drug-likeness (QED) is 0.661. The highest BCUT2D eigenvalue weighted by molar-refractivity contribution is 9.12. The predicted molar refractivity (Wildman–Crippen MR) is 108 cm³/mol. The van der Waals surface area contributed by atoms with Gasteiger partial charge >= 0.3 is 6.09 Å². The van der Waals surface area contributed by atoms with Crippen molar-refractivity contribution in [2.45, 2.75) is 60.0 Å². The Labute approximate surface area is 159 Å². The molecule has 0 aliphatic rings. The van der Waals surface area contributed by atoms with Crippen LogP contribution in [0.3, 0.4) is 0 Å². The molecule has 0 atom stereocenters. The molecule has 0 fully saturated rings. The van der Waals surface area contributed by atoms with Gasteiger partial charge < -0.3 is 4.74 Å². The average molecular weight is 413 g/mol. The molecule has 0 radical (unpaired) electrons. The Morgan fingerprint density at radius 2 is 2.00 bits per heavy atom. The number of anilines is 1. The second-order valence-corrected chi connectivity index (χ2v) is 6.68. The lowest BCUT2D eigenvalue weighted by Crippen LogP contribution is -2.27. The molecule has 0 unspecified atom stereocenters. The number of hydrogen-bond donors (Lipinski definition) is 1. The fourth-order valence-corrected chi connectivity index (χ4v) is 2.28. The third-order valence-electron chi connectivity index (χ3n) is 2.60. The normalized spacial score (nSPS) is 12.2. The minimum Gasteiger partial charge on any atom is -0.444 e. The average Bonchev–Trinajstić information content (AvgIpc) is 2.54. The summed E-state index contributed by atoms with van der Waals surface area (Å²) in [5.74, 6) is 0.362. The lowest BCUT2D eigenvalue weighted by atomic mass is 10.2. The smallest absolute Gasteiger partial charge is 0.413 e. The molecule has 1 aromatic rings. The maximum Gasteiger partial charge on any atom is 0.413 e. The fraction of sp³-hybridized carbons (Fsp3) is 0.556. The third-order valence-corrected chi connectivity index (χ3v) is 3.30. The van der Waals surface area contributed by atoms with Crippen LogP contribution in [0.1, 0.15) is 60.1 Å². The van der Waals surface area contributed by atoms with E-state index in [-0.39, 0.29) is 0 Å². The number of allylic oxidation sites excluding steroid dienone is 2. The van der Waals surface area contributed by atoms with Crippen molar-refractivity contribution in [2.24, 2.45) is 4.99 Å². The van der Waals surface area contributed by atoms with Crippen molar-refractivity contribution in [3.63, 3.8) is 0 Å². The van der Waals surface area contributed by atoms with E-state index in [1.165, 1.54) is 6.33 Å². The van der Waals surface area contributed by atoms with Gasteiger partial charge in [-0.15, -0.1) is 0 Å². The zero-order valence-electron chi connectivity index (χ0n) is 16.2. The largest absolute Gasteiger partial charge is 0.444 e. The number of hydrogen-bond acceptors (Lipinski definition) is 5. The summed E-state index contributed by atoms with van der Waals surface area (Å²) in [4.78, 5) is 24.3. The Balaban J connectivity index is 0.00000277. The molecule has 0 aliphatic heterocycles. The lowest BCUT2D eigenvalue weighted by molar-refractivity contribution is 0.0635. The highest BCUT2D eigenvalue weighted by Crippen LogP contribution is 2.17. The van der Waals surface area contributed by atoms with E-state index in [1.807, 2.05) is 19.9 Å². The highest BCUT2D eigenvalue weighted by atomic mass is 79.9. The number of amides is 1. The topological polar surface area (TPSA) is 76.5 Å². The van der Waals surface area contributed by atoms with Gasteiger partial charge in [0, 0.05) is 17.6 Å². The van der Waals surface area contributed by atoms with E-state index in [9.17, 15) is 4.79 Å². The standard InChI is InChI=1S/C16H23BrN4O2.C2H6/c1-6-7-8-11(17)14(18-5)12-9-13(20-10-19-12)21-15(22)23-16(2,3)4;1-2/h8-10H,6-7H2,1-5H3,(H,19,20,21,22);1-2H3/b11-8+,18-14?;. The number of aliphatic imine (C=N–C) groups is 1. The molecule has 0 saturated carbocycles. The first-order valence-electron chi connectivity index (χ1n) is 8.42. The van der Waals surface area contributed by atoms with Crippen LogP contribution in [0, 0.1) is 0 Å². The second-order valence-electron chi connectivity index (χ2n) is 5.83. The van der Waals surface area contributed by atoms with Crippen LogP contribution in [0.25, 0.3) is 0 Å². The molecule has 140 valence electrons. The van der Waals surface area contributed by atoms with E-state index >= 15 is 0 Å². The van der Waals surface area contributed by atoms with Gasteiger partial charge in [-0.3, -0.25) is 10.3 Å². The van der Waals surface area contributed by atoms with Crippen LogP contribution in [0.5, 0.6) is 0 Å². The van der Waals surface area contributed by atoms with Crippen LogP contribution < -0.4 is 5.32 Å². The Kier molecular flexibility index (Phi) is 10.9. The van der Waals surface area contributed by atoms with Crippen molar-refractivity contribution in [1.82, 2.24) is 9.97 Å². The molecule has 6 nitrogen and oxygen atoms in total. The van der Waals surface area contributed by atoms with E-state index in [2.05, 4.69) is 43.1 Å². The number of halogens is 1. The van der Waals surface area contributed by atoms with Crippen LogP contribution in [-0.4, -0.2) is 34.4 Å². The van der Waals surface area contributed by atoms with Crippen molar-refractivity contribution in [3.05, 3.63) is 28.6 Å². The van der Waals surface area contributed by atoms with Gasteiger partial charge in [0.05, 0.1) is 11.4 Å². The number of aromatic nitrogens is 2. The van der Waals surface area contributed by atoms with Gasteiger partial charge in [-0.25, -0.2) is 14.8 Å². The summed E-state index contributed by atoms with van der Waals surface area (Å²) in [5.41, 5.74) is 0.753. The minimum atomic E-state index is -0.568. The minimum absolute atomic E-state index is 0.362. The van der Waals surface area contributed by atoms with E-state index in [4.69, 9.17) is 4.74 Å². The highest BCUT2D eigenvalue weighted by Gasteiger charge is 2.17. The van der Waals surface area contributed by atoms with Crippen molar-refractivity contribution in [1.29, 1.82) is 0 Å². The van der Waals surface area contributed by atoms with Crippen LogP contribution in [-0.2, 0) is 4.74 Å². The molecule has 25 heavy (non-hydrogen) atoms. The molecule has 0 bridgehead atoms. The van der Waals surface area contributed by atoms with Gasteiger partial charge in [0.25, 0.3) is 0 Å². The van der Waals surface area contributed by atoms with E-state index in [0.717, 1.165) is 17.3 Å². The molecule has 1 rings (SSSR count). The first-order valence-corrected chi connectivity index (χ1v) is 9.21. The van der Waals surface area contributed by atoms with E-state index in [0.29, 0.717) is 17.2 Å². The van der Waals surface area contributed by atoms with Crippen LogP contribution >= 0.6 is 15.9 Å². The fourth-order valence-electron chi connectivity index (χ4n) is 1.67. The molecular weight excluding hydrogens is 384 g/mol. The molecular formula is C18H29BrN4O2. The number of carbonyl (C=O) groups excluding carboxylic acids is 1. The first kappa shape index (κ1) is 23.2. The van der Waals surface area contributed by atoms with Gasteiger partial charge in [-0.1, -0.05) is 33.3 Å². The Hall–Kier alpha value is -1.76. The first-order chi connectivity index (χ1) is 11.8. The predicted octanol–water partition coefficient (Wildman–Crippen LogP) is 5.35. The molecule has 1 N–H and O–H groups in total. The lowest BCUT2D eigenvalue weighted by Gasteiger charge is -2.19. The van der Waals surface area contributed by atoms with E-state index in [1.54, 1.807) is 33.9 Å². The van der Waals surface area contributed by atoms with Gasteiger partial charge in [0.15, 0.2) is 0 Å². The van der Waals surface area contributed by atoms with Crippen LogP contribution in [0.4, 0.5) is 10.6 Å². The maximum atomic E-state index is 11.8. The summed E-state index contributed by atoms with van der Waals surface area (Å²) < 4.78 is 6.07. The number of nitrogens with zero attached hydrogens (tertiary/aromatic N) is 3. The van der Waals surface area contributed by atoms with Crippen molar-refractivity contribution >= 4 is 33.6 Å². The number of ether oxygens (including phenoxy) is 1. The summed E-state index contributed by atoms with van der Waals surface area (Å²) in [6.07, 6.45) is 4.85. The number of nitrogens with one attached hydrogen (secondary N) is 1. The van der Waals surface area contributed by atoms with Gasteiger partial charge in [-0.2, -0.15) is 0 Å². The molecule has 1 aromatic heterocycles. The van der Waals surface area contributed by atoms with E-state index < -0.39 is 11.7 Å². The molecule has 7 heteroatoms. The Bertz CT molecular complexity index is 607. The second kappa shape index (κ2) is 11.7. The maximum absolute atomic E-state index is 11.8. The Morgan fingerprint density at radius 3 is 2.52 bits per heavy atom. The Morgan fingerprint density at radius 1 is 1.36 bits per heavy atom. The van der Waals surface area contributed by atoms with Crippen molar-refractivity contribution < 1.29 is 9.53 Å². The van der Waals surface area contributed by atoms with Crippen LogP contribution in [0.15, 0.2) is 27.9 Å². The molecule has 1 amide bonds. The molecule has 0 spiro atoms. The molecule has 0 aromatic carbocycles. The monoisotopic (exact) mass is 412 g/mol. The summed E-state index contributed by atoms with van der Waals surface area (Å²) in [7, 11) is 1.69. The van der Waals surface area contributed by atoms with Crippen LogP contribution in [0.2, 0.25) is 0 Å². The summed E-state index contributed by atoms with van der Waals surface area (Å²) >= 11 is 3.52. The van der Waals surface area contributed by atoms with Gasteiger partial charge in [0.2, 0.25) is 0 Å². The van der Waals surface area contributed by atoms with Gasteiger partial charge in [0.1, 0.15) is 17.7 Å². The molecule has 0 aliphatic carbocycles.